The molecule has 0 radical (unpaired) electrons. The van der Waals surface area contributed by atoms with Gasteiger partial charge in [-0.2, -0.15) is 0 Å². The molecule has 0 bridgehead atoms. The molecule has 0 saturated carbocycles. The number of hydrogen-bond acceptors (Lipinski definition) is 2. The Kier molecular flexibility index (Phi) is 6.24. The number of carbonyl (C=O) groups is 1. The molecular weight excluding hydrogens is 396 g/mol. The number of nitrogens with zero attached hydrogens (tertiary/aromatic N) is 3. The number of hydrogen-bond donors (Lipinski definition) is 1. The molecule has 0 atom stereocenters. The van der Waals surface area contributed by atoms with Crippen molar-refractivity contribution in [3.05, 3.63) is 120 Å². The van der Waals surface area contributed by atoms with Crippen molar-refractivity contribution in [1.82, 2.24) is 14.9 Å². The Hall–Kier alpha value is -4.43. The van der Waals surface area contributed by atoms with Crippen LogP contribution in [0.3, 0.4) is 0 Å². The summed E-state index contributed by atoms with van der Waals surface area (Å²) < 4.78 is 1.83. The van der Waals surface area contributed by atoms with Gasteiger partial charge in [-0.05, 0) is 47.4 Å². The van der Waals surface area contributed by atoms with Crippen molar-refractivity contribution in [2.24, 2.45) is 0 Å². The minimum atomic E-state index is -0.186. The molecule has 0 saturated heterocycles. The van der Waals surface area contributed by atoms with Gasteiger partial charge in [-0.25, -0.2) is 9.83 Å². The molecule has 3 aromatic carbocycles. The third kappa shape index (κ3) is 5.00. The van der Waals surface area contributed by atoms with Crippen LogP contribution < -0.4 is 5.32 Å². The molecule has 5 nitrogen and oxygen atoms in total. The zero-order valence-electron chi connectivity index (χ0n) is 17.7. The van der Waals surface area contributed by atoms with E-state index in [1.54, 1.807) is 18.5 Å². The molecule has 1 N–H and O–H groups in total. The third-order valence-electron chi connectivity index (χ3n) is 5.04. The molecule has 4 aromatic rings. The summed E-state index contributed by atoms with van der Waals surface area (Å²) in [6, 6.07) is 23.8. The lowest BCUT2D eigenvalue weighted by Crippen LogP contribution is -2.20. The maximum absolute atomic E-state index is 12.3. The van der Waals surface area contributed by atoms with Crippen LogP contribution in [0.4, 0.5) is 5.69 Å². The lowest BCUT2D eigenvalue weighted by Gasteiger charge is -2.07. The van der Waals surface area contributed by atoms with Crippen LogP contribution in [-0.4, -0.2) is 15.5 Å². The van der Waals surface area contributed by atoms with E-state index in [-0.39, 0.29) is 5.91 Å². The first-order valence-corrected chi connectivity index (χ1v) is 10.2. The first-order valence-electron chi connectivity index (χ1n) is 10.2. The molecule has 0 fully saturated rings. The molecule has 32 heavy (non-hydrogen) atoms. The zero-order chi connectivity index (χ0) is 22.3. The molecule has 0 aliphatic rings. The fraction of sp³-hybridized carbons (Fsp3) is 0.0741. The average Bonchev–Trinajstić information content (AvgIpc) is 3.28. The summed E-state index contributed by atoms with van der Waals surface area (Å²) in [4.78, 5) is 20.2. The summed E-state index contributed by atoms with van der Waals surface area (Å²) >= 11 is 0. The van der Waals surface area contributed by atoms with Crippen LogP contribution in [0.1, 0.15) is 16.8 Å². The molecule has 0 unspecified atom stereocenters. The van der Waals surface area contributed by atoms with Crippen LogP contribution in [0.15, 0.2) is 91.4 Å². The van der Waals surface area contributed by atoms with E-state index in [9.17, 15) is 4.79 Å². The van der Waals surface area contributed by atoms with E-state index >= 15 is 0 Å². The van der Waals surface area contributed by atoms with E-state index in [4.69, 9.17) is 6.57 Å². The molecule has 4 rings (SSSR count). The molecule has 1 heterocycles. The van der Waals surface area contributed by atoms with Crippen molar-refractivity contribution < 1.29 is 4.79 Å². The normalized spacial score (nSPS) is 10.8. The van der Waals surface area contributed by atoms with Gasteiger partial charge in [0.15, 0.2) is 0 Å². The Labute approximate surface area is 187 Å². The van der Waals surface area contributed by atoms with Gasteiger partial charge in [0.2, 0.25) is 11.6 Å². The molecule has 0 spiro atoms. The van der Waals surface area contributed by atoms with Crippen LogP contribution in [-0.2, 0) is 11.3 Å². The number of rotatable bonds is 6. The van der Waals surface area contributed by atoms with Gasteiger partial charge in [-0.1, -0.05) is 60.7 Å². The summed E-state index contributed by atoms with van der Waals surface area (Å²) in [5.74, 6) is -0.186. The van der Waals surface area contributed by atoms with Crippen molar-refractivity contribution in [2.75, 3.05) is 0 Å². The monoisotopic (exact) mass is 418 g/mol. The van der Waals surface area contributed by atoms with Gasteiger partial charge in [0.05, 0.1) is 24.3 Å². The maximum Gasteiger partial charge on any atom is 0.244 e. The van der Waals surface area contributed by atoms with Crippen LogP contribution in [0.25, 0.3) is 27.7 Å². The summed E-state index contributed by atoms with van der Waals surface area (Å²) in [7, 11) is 0. The first-order chi connectivity index (χ1) is 15.6. The number of nitrogens with one attached hydrogen (secondary N) is 1. The number of aromatic nitrogens is 2. The lowest BCUT2D eigenvalue weighted by molar-refractivity contribution is -0.116. The number of imidazole rings is 1. The molecule has 0 aliphatic heterocycles. The smallest absolute Gasteiger partial charge is 0.244 e. The Balaban J connectivity index is 1.40. The number of aryl methyl sites for hydroxylation is 1. The molecular formula is C27H22N4O. The number of carbonyl (C=O) groups excluding carboxylic acids is 1. The van der Waals surface area contributed by atoms with Crippen molar-refractivity contribution >= 4 is 17.7 Å². The lowest BCUT2D eigenvalue weighted by atomic mass is 10.0. The molecule has 1 aromatic heterocycles. The average molecular weight is 419 g/mol. The Bertz CT molecular complexity index is 1310. The van der Waals surface area contributed by atoms with Gasteiger partial charge >= 0.3 is 0 Å². The van der Waals surface area contributed by atoms with Gasteiger partial charge < -0.3 is 9.88 Å². The third-order valence-corrected chi connectivity index (χ3v) is 5.04. The maximum atomic E-state index is 12.3. The van der Waals surface area contributed by atoms with Crippen molar-refractivity contribution in [3.63, 3.8) is 0 Å². The SMILES string of the molecule is [C-]#[N+]c1cc(C=CC(=O)NCc2cccc(-c3ccccc3)c2)ccc1-n1cnc(C)c1. The largest absolute Gasteiger partial charge is 0.348 e. The van der Waals surface area contributed by atoms with E-state index in [0.29, 0.717) is 12.2 Å². The first kappa shape index (κ1) is 20.8. The second kappa shape index (κ2) is 9.59. The van der Waals surface area contributed by atoms with Crippen molar-refractivity contribution in [3.8, 4) is 16.8 Å². The second-order valence-electron chi connectivity index (χ2n) is 7.40. The molecule has 1 amide bonds. The van der Waals surface area contributed by atoms with E-state index in [0.717, 1.165) is 33.6 Å². The van der Waals surface area contributed by atoms with Crippen LogP contribution >= 0.6 is 0 Å². The molecule has 5 heteroatoms. The minimum absolute atomic E-state index is 0.186. The number of amides is 1. The highest BCUT2D eigenvalue weighted by molar-refractivity contribution is 5.92. The summed E-state index contributed by atoms with van der Waals surface area (Å²) in [6.45, 7) is 9.83. The van der Waals surface area contributed by atoms with Gasteiger partial charge in [0, 0.05) is 18.8 Å². The highest BCUT2D eigenvalue weighted by atomic mass is 16.1. The van der Waals surface area contributed by atoms with Gasteiger partial charge in [-0.3, -0.25) is 4.79 Å². The highest BCUT2D eigenvalue weighted by Crippen LogP contribution is 2.26. The van der Waals surface area contributed by atoms with Crippen LogP contribution in [0.5, 0.6) is 0 Å². The molecule has 156 valence electrons. The minimum Gasteiger partial charge on any atom is -0.348 e. The predicted octanol–water partition coefficient (Wildman–Crippen LogP) is 5.73. The topological polar surface area (TPSA) is 51.3 Å². The Morgan fingerprint density at radius 2 is 1.88 bits per heavy atom. The quantitative estimate of drug-likeness (QED) is 0.321. The fourth-order valence-electron chi connectivity index (χ4n) is 3.42. The zero-order valence-corrected chi connectivity index (χ0v) is 17.7. The van der Waals surface area contributed by atoms with Crippen molar-refractivity contribution in [2.45, 2.75) is 13.5 Å². The van der Waals surface area contributed by atoms with Gasteiger partial charge in [0.25, 0.3) is 0 Å². The molecule has 0 aliphatic carbocycles. The van der Waals surface area contributed by atoms with Crippen LogP contribution in [0.2, 0.25) is 0 Å². The highest BCUT2D eigenvalue weighted by Gasteiger charge is 2.06. The summed E-state index contributed by atoms with van der Waals surface area (Å²) in [5, 5.41) is 2.92. The summed E-state index contributed by atoms with van der Waals surface area (Å²) in [6.07, 6.45) is 6.77. The van der Waals surface area contributed by atoms with E-state index in [2.05, 4.69) is 39.4 Å². The summed E-state index contributed by atoms with van der Waals surface area (Å²) in [5.41, 5.74) is 6.23. The predicted molar refractivity (Wildman–Crippen MR) is 127 cm³/mol. The van der Waals surface area contributed by atoms with Gasteiger partial charge in [0.1, 0.15) is 0 Å². The van der Waals surface area contributed by atoms with E-state index < -0.39 is 0 Å². The fourth-order valence-corrected chi connectivity index (χ4v) is 3.42. The van der Waals surface area contributed by atoms with E-state index in [1.807, 2.05) is 60.2 Å². The Morgan fingerprint density at radius 1 is 1.06 bits per heavy atom. The standard InChI is InChI=1S/C27H22N4O/c1-20-18-31(19-30-20)26-13-11-21(16-25(26)28-2)12-14-27(32)29-17-22-7-6-10-24(15-22)23-8-4-3-5-9-23/h3-16,18-19H,17H2,1H3,(H,29,32). The van der Waals surface area contributed by atoms with Gasteiger partial charge in [-0.15, -0.1) is 0 Å². The number of benzene rings is 3. The Morgan fingerprint density at radius 3 is 2.62 bits per heavy atom. The van der Waals surface area contributed by atoms with E-state index in [1.165, 1.54) is 6.08 Å². The van der Waals surface area contributed by atoms with Crippen LogP contribution in [0, 0.1) is 13.5 Å². The van der Waals surface area contributed by atoms with Crippen molar-refractivity contribution in [1.29, 1.82) is 0 Å². The second-order valence-corrected chi connectivity index (χ2v) is 7.40.